The number of hydrogen-bond donors (Lipinski definition) is 1. The number of hydrogen-bond acceptors (Lipinski definition) is 2. The first-order chi connectivity index (χ1) is 7.18. The third kappa shape index (κ3) is 2.06. The number of benzene rings is 1. The molecule has 0 aliphatic heterocycles. The van der Waals surface area contributed by atoms with Gasteiger partial charge >= 0.3 is 0 Å². The fourth-order valence-electron chi connectivity index (χ4n) is 1.62. The third-order valence-corrected chi connectivity index (χ3v) is 2.91. The van der Waals surface area contributed by atoms with E-state index in [4.69, 9.17) is 4.55 Å². The molecule has 78 valence electrons. The van der Waals surface area contributed by atoms with Crippen LogP contribution in [0.2, 0.25) is 0 Å². The molecule has 0 aliphatic rings. The van der Waals surface area contributed by atoms with Crippen LogP contribution in [0.5, 0.6) is 0 Å². The zero-order valence-corrected chi connectivity index (χ0v) is 9.12. The van der Waals surface area contributed by atoms with Crippen LogP contribution in [-0.4, -0.2) is 13.7 Å². The Balaban J connectivity index is 2.66. The lowest BCUT2D eigenvalue weighted by atomic mass is 10.1. The molecule has 0 fully saturated rings. The van der Waals surface area contributed by atoms with Crippen molar-refractivity contribution in [1.29, 1.82) is 0 Å². The summed E-state index contributed by atoms with van der Waals surface area (Å²) in [7, 11) is 0. The zero-order valence-electron chi connectivity index (χ0n) is 8.30. The summed E-state index contributed by atoms with van der Waals surface area (Å²) in [6.45, 7) is 2.00. The molecule has 0 spiro atoms. The molecule has 0 aliphatic carbocycles. The molecule has 1 N–H and O–H groups in total. The van der Waals surface area contributed by atoms with E-state index in [1.165, 1.54) is 0 Å². The molecule has 4 heteroatoms. The number of aryl methyl sites for hydroxylation is 1. The summed E-state index contributed by atoms with van der Waals surface area (Å²) in [6.07, 6.45) is 1.70. The molecule has 0 bridgehead atoms. The summed E-state index contributed by atoms with van der Waals surface area (Å²) in [4.78, 5) is 4.25. The Morgan fingerprint density at radius 1 is 1.40 bits per heavy atom. The Kier molecular flexibility index (Phi) is 2.79. The van der Waals surface area contributed by atoms with Gasteiger partial charge in [-0.15, -0.1) is 0 Å². The van der Waals surface area contributed by atoms with Gasteiger partial charge in [0.2, 0.25) is 0 Å². The minimum absolute atomic E-state index is 0.133. The van der Waals surface area contributed by atoms with Crippen LogP contribution in [-0.2, 0) is 16.8 Å². The predicted molar refractivity (Wildman–Crippen MR) is 61.0 cm³/mol. The summed E-state index contributed by atoms with van der Waals surface area (Å²) >= 11 is -1.82. The lowest BCUT2D eigenvalue weighted by molar-refractivity contribution is 0.563. The van der Waals surface area contributed by atoms with Gasteiger partial charge in [0.25, 0.3) is 0 Å². The number of pyridine rings is 1. The monoisotopic (exact) mass is 221 g/mol. The Morgan fingerprint density at radius 2 is 2.20 bits per heavy atom. The number of fused-ring (bicyclic) bond motifs is 1. The first-order valence-corrected chi connectivity index (χ1v) is 5.87. The predicted octanol–water partition coefficient (Wildman–Crippen LogP) is 2.26. The van der Waals surface area contributed by atoms with E-state index in [0.29, 0.717) is 0 Å². The molecule has 15 heavy (non-hydrogen) atoms. The van der Waals surface area contributed by atoms with Gasteiger partial charge < -0.3 is 4.55 Å². The minimum atomic E-state index is -1.82. The van der Waals surface area contributed by atoms with E-state index in [9.17, 15) is 4.21 Å². The second kappa shape index (κ2) is 4.08. The summed E-state index contributed by atoms with van der Waals surface area (Å²) in [5.41, 5.74) is 2.77. The van der Waals surface area contributed by atoms with Crippen LogP contribution in [0.4, 0.5) is 0 Å². The van der Waals surface area contributed by atoms with E-state index < -0.39 is 11.1 Å². The van der Waals surface area contributed by atoms with Crippen molar-refractivity contribution in [2.24, 2.45) is 0 Å². The van der Waals surface area contributed by atoms with Crippen LogP contribution in [0.25, 0.3) is 10.9 Å². The van der Waals surface area contributed by atoms with Crippen molar-refractivity contribution < 1.29 is 8.76 Å². The second-order valence-corrected chi connectivity index (χ2v) is 4.34. The van der Waals surface area contributed by atoms with Gasteiger partial charge in [-0.2, -0.15) is 0 Å². The number of aromatic nitrogens is 1. The Hall–Kier alpha value is -1.26. The van der Waals surface area contributed by atoms with E-state index in [-0.39, 0.29) is 5.75 Å². The third-order valence-electron chi connectivity index (χ3n) is 2.35. The van der Waals surface area contributed by atoms with Crippen LogP contribution in [0.15, 0.2) is 30.5 Å². The van der Waals surface area contributed by atoms with Crippen molar-refractivity contribution in [2.75, 3.05) is 0 Å². The largest absolute Gasteiger partial charge is 0.306 e. The number of rotatable bonds is 2. The molecule has 0 radical (unpaired) electrons. The highest BCUT2D eigenvalue weighted by atomic mass is 32.2. The van der Waals surface area contributed by atoms with Gasteiger partial charge in [0.05, 0.1) is 11.3 Å². The van der Waals surface area contributed by atoms with Gasteiger partial charge in [0.15, 0.2) is 11.1 Å². The first kappa shape index (κ1) is 10.3. The molecule has 1 aromatic heterocycles. The van der Waals surface area contributed by atoms with Crippen molar-refractivity contribution in [3.63, 3.8) is 0 Å². The van der Waals surface area contributed by atoms with Gasteiger partial charge in [-0.1, -0.05) is 18.2 Å². The molecular formula is C11H11NO2S. The summed E-state index contributed by atoms with van der Waals surface area (Å²) in [5, 5.41) is 1.04. The summed E-state index contributed by atoms with van der Waals surface area (Å²) in [5.74, 6) is 0.133. The standard InChI is InChI=1S/C11H11NO2S/c1-8-4-5-9(7-15(13)14)11-10(8)3-2-6-12-11/h2-6H,7H2,1H3,(H,13,14). The quantitative estimate of drug-likeness (QED) is 0.791. The van der Waals surface area contributed by atoms with Crippen LogP contribution < -0.4 is 0 Å². The second-order valence-electron chi connectivity index (χ2n) is 3.41. The number of nitrogens with zero attached hydrogens (tertiary/aromatic N) is 1. The van der Waals surface area contributed by atoms with E-state index in [1.807, 2.05) is 31.2 Å². The highest BCUT2D eigenvalue weighted by Crippen LogP contribution is 2.20. The molecule has 1 atom stereocenters. The van der Waals surface area contributed by atoms with Gasteiger partial charge in [-0.05, 0) is 24.1 Å². The average molecular weight is 221 g/mol. The molecule has 1 heterocycles. The Bertz CT molecular complexity index is 525. The zero-order chi connectivity index (χ0) is 10.8. The molecule has 0 saturated carbocycles. The van der Waals surface area contributed by atoms with Crippen molar-refractivity contribution in [1.82, 2.24) is 4.98 Å². The average Bonchev–Trinajstić information content (AvgIpc) is 2.22. The molecule has 0 amide bonds. The molecule has 2 rings (SSSR count). The van der Waals surface area contributed by atoms with Crippen molar-refractivity contribution >= 4 is 22.0 Å². The smallest absolute Gasteiger partial charge is 0.157 e. The van der Waals surface area contributed by atoms with Crippen molar-refractivity contribution in [2.45, 2.75) is 12.7 Å². The molecule has 3 nitrogen and oxygen atoms in total. The van der Waals surface area contributed by atoms with Gasteiger partial charge in [-0.3, -0.25) is 4.98 Å². The SMILES string of the molecule is Cc1ccc(CS(=O)O)c2ncccc12. The van der Waals surface area contributed by atoms with E-state index in [1.54, 1.807) is 6.20 Å². The van der Waals surface area contributed by atoms with Crippen LogP contribution >= 0.6 is 0 Å². The van der Waals surface area contributed by atoms with Crippen molar-refractivity contribution in [3.05, 3.63) is 41.6 Å². The van der Waals surface area contributed by atoms with E-state index in [2.05, 4.69) is 4.98 Å². The highest BCUT2D eigenvalue weighted by molar-refractivity contribution is 7.78. The topological polar surface area (TPSA) is 50.2 Å². The maximum absolute atomic E-state index is 10.8. The summed E-state index contributed by atoms with van der Waals surface area (Å²) in [6, 6.07) is 7.65. The lowest BCUT2D eigenvalue weighted by Crippen LogP contribution is -1.96. The molecule has 1 aromatic carbocycles. The van der Waals surface area contributed by atoms with Crippen LogP contribution in [0.1, 0.15) is 11.1 Å². The molecule has 0 saturated heterocycles. The van der Waals surface area contributed by atoms with Gasteiger partial charge in [0.1, 0.15) is 0 Å². The highest BCUT2D eigenvalue weighted by Gasteiger charge is 2.06. The van der Waals surface area contributed by atoms with E-state index in [0.717, 1.165) is 22.0 Å². The molecular weight excluding hydrogens is 210 g/mol. The van der Waals surface area contributed by atoms with Crippen molar-refractivity contribution in [3.8, 4) is 0 Å². The Morgan fingerprint density at radius 3 is 2.93 bits per heavy atom. The normalized spacial score (nSPS) is 12.9. The maximum atomic E-state index is 10.8. The Labute approximate surface area is 90.4 Å². The summed E-state index contributed by atoms with van der Waals surface area (Å²) < 4.78 is 19.7. The van der Waals surface area contributed by atoms with Crippen LogP contribution in [0, 0.1) is 6.92 Å². The van der Waals surface area contributed by atoms with Gasteiger partial charge in [0, 0.05) is 11.6 Å². The molecule has 2 aromatic rings. The van der Waals surface area contributed by atoms with Gasteiger partial charge in [-0.25, -0.2) is 4.21 Å². The lowest BCUT2D eigenvalue weighted by Gasteiger charge is -2.05. The molecule has 1 unspecified atom stereocenters. The maximum Gasteiger partial charge on any atom is 0.157 e. The van der Waals surface area contributed by atoms with Crippen LogP contribution in [0.3, 0.4) is 0 Å². The van der Waals surface area contributed by atoms with E-state index >= 15 is 0 Å². The minimum Gasteiger partial charge on any atom is -0.306 e. The fourth-order valence-corrected chi connectivity index (χ4v) is 2.12. The first-order valence-electron chi connectivity index (χ1n) is 4.59. The fraction of sp³-hybridized carbons (Fsp3) is 0.182.